The first-order chi connectivity index (χ1) is 9.20. The van der Waals surface area contributed by atoms with E-state index >= 15 is 0 Å². The number of pyridine rings is 1. The molecular weight excluding hydrogens is 271 g/mol. The minimum absolute atomic E-state index is 0.116. The summed E-state index contributed by atoms with van der Waals surface area (Å²) in [5.74, 6) is -0.153. The molecule has 0 aromatic carbocycles. The molecule has 3 N–H and O–H groups in total. The van der Waals surface area contributed by atoms with Crippen LogP contribution in [-0.4, -0.2) is 20.6 Å². The van der Waals surface area contributed by atoms with Crippen LogP contribution in [0.3, 0.4) is 0 Å². The number of hydrogen-bond donors (Lipinski definition) is 2. The number of hydrogen-bond acceptors (Lipinski definition) is 3. The molecular formula is C12H12F3N5. The lowest BCUT2D eigenvalue weighted by Gasteiger charge is -2.11. The van der Waals surface area contributed by atoms with Gasteiger partial charge in [0.15, 0.2) is 11.5 Å². The van der Waals surface area contributed by atoms with E-state index in [1.165, 1.54) is 0 Å². The minimum Gasteiger partial charge on any atom is -0.384 e. The molecule has 2 aromatic heterocycles. The van der Waals surface area contributed by atoms with E-state index in [0.29, 0.717) is 11.3 Å². The van der Waals surface area contributed by atoms with Crippen molar-refractivity contribution in [3.63, 3.8) is 0 Å². The molecule has 0 atom stereocenters. The summed E-state index contributed by atoms with van der Waals surface area (Å²) in [4.78, 5) is 4.13. The van der Waals surface area contributed by atoms with Crippen LogP contribution in [0.2, 0.25) is 0 Å². The van der Waals surface area contributed by atoms with E-state index in [1.54, 1.807) is 19.9 Å². The standard InChI is InChI=1S/C12H12F3N5/c1-6-5-7(2)18-11(9(6)10(16)17)20-4-3-8(19-20)12(13,14)15/h3-5H,1-2H3,(H3,16,17). The number of nitrogens with one attached hydrogen (secondary N) is 1. The summed E-state index contributed by atoms with van der Waals surface area (Å²) in [5.41, 5.74) is 5.99. The molecule has 0 spiro atoms. The average molecular weight is 283 g/mol. The summed E-state index contributed by atoms with van der Waals surface area (Å²) >= 11 is 0. The van der Waals surface area contributed by atoms with Crippen LogP contribution in [0.5, 0.6) is 0 Å². The summed E-state index contributed by atoms with van der Waals surface area (Å²) in [6.07, 6.45) is -3.38. The molecule has 2 aromatic rings. The Labute approximate surface area is 112 Å². The van der Waals surface area contributed by atoms with Gasteiger partial charge < -0.3 is 5.73 Å². The van der Waals surface area contributed by atoms with Crippen molar-refractivity contribution in [1.82, 2.24) is 14.8 Å². The van der Waals surface area contributed by atoms with E-state index in [0.717, 1.165) is 16.9 Å². The first-order valence-electron chi connectivity index (χ1n) is 5.66. The number of halogens is 3. The monoisotopic (exact) mass is 283 g/mol. The van der Waals surface area contributed by atoms with E-state index in [-0.39, 0.29) is 17.2 Å². The molecule has 0 unspecified atom stereocenters. The van der Waals surface area contributed by atoms with Crippen molar-refractivity contribution in [3.8, 4) is 5.82 Å². The third-order valence-electron chi connectivity index (χ3n) is 2.69. The fraction of sp³-hybridized carbons (Fsp3) is 0.250. The van der Waals surface area contributed by atoms with Gasteiger partial charge in [-0.3, -0.25) is 5.41 Å². The average Bonchev–Trinajstić information content (AvgIpc) is 2.75. The molecule has 0 aliphatic carbocycles. The molecule has 20 heavy (non-hydrogen) atoms. The van der Waals surface area contributed by atoms with Crippen LogP contribution in [0, 0.1) is 19.3 Å². The van der Waals surface area contributed by atoms with Crippen molar-refractivity contribution in [1.29, 1.82) is 5.41 Å². The van der Waals surface area contributed by atoms with Gasteiger partial charge in [-0.2, -0.15) is 18.3 Å². The summed E-state index contributed by atoms with van der Waals surface area (Å²) in [6.45, 7) is 3.41. The van der Waals surface area contributed by atoms with E-state index in [9.17, 15) is 13.2 Å². The van der Waals surface area contributed by atoms with Crippen LogP contribution in [0.1, 0.15) is 22.5 Å². The van der Waals surface area contributed by atoms with E-state index in [4.69, 9.17) is 11.1 Å². The molecule has 2 rings (SSSR count). The molecule has 5 nitrogen and oxygen atoms in total. The Morgan fingerprint density at radius 3 is 2.50 bits per heavy atom. The van der Waals surface area contributed by atoms with E-state index in [2.05, 4.69) is 10.1 Å². The lowest BCUT2D eigenvalue weighted by atomic mass is 10.1. The fourth-order valence-electron chi connectivity index (χ4n) is 1.91. The third kappa shape index (κ3) is 2.49. The van der Waals surface area contributed by atoms with Crippen LogP contribution in [0.25, 0.3) is 5.82 Å². The highest BCUT2D eigenvalue weighted by Crippen LogP contribution is 2.28. The highest BCUT2D eigenvalue weighted by atomic mass is 19.4. The first-order valence-corrected chi connectivity index (χ1v) is 5.66. The molecule has 0 saturated heterocycles. The number of aryl methyl sites for hydroxylation is 2. The van der Waals surface area contributed by atoms with Gasteiger partial charge in [-0.05, 0) is 31.5 Å². The number of aromatic nitrogens is 3. The Morgan fingerprint density at radius 1 is 1.35 bits per heavy atom. The minimum atomic E-state index is -4.53. The Morgan fingerprint density at radius 2 is 2.00 bits per heavy atom. The van der Waals surface area contributed by atoms with Gasteiger partial charge in [0.1, 0.15) is 5.84 Å². The maximum atomic E-state index is 12.6. The lowest BCUT2D eigenvalue weighted by Crippen LogP contribution is -2.19. The number of nitrogen functional groups attached to an aromatic ring is 1. The van der Waals surface area contributed by atoms with Gasteiger partial charge in [-0.1, -0.05) is 0 Å². The van der Waals surface area contributed by atoms with Crippen molar-refractivity contribution in [3.05, 3.63) is 40.8 Å². The van der Waals surface area contributed by atoms with E-state index in [1.807, 2.05) is 0 Å². The van der Waals surface area contributed by atoms with Crippen molar-refractivity contribution in [2.45, 2.75) is 20.0 Å². The number of alkyl halides is 3. The number of rotatable bonds is 2. The zero-order chi connectivity index (χ0) is 15.1. The molecule has 0 bridgehead atoms. The number of amidine groups is 1. The second-order valence-corrected chi connectivity index (χ2v) is 4.34. The quantitative estimate of drug-likeness (QED) is 0.655. The lowest BCUT2D eigenvalue weighted by molar-refractivity contribution is -0.141. The van der Waals surface area contributed by atoms with Crippen molar-refractivity contribution >= 4 is 5.84 Å². The summed E-state index contributed by atoms with van der Waals surface area (Å²) < 4.78 is 38.7. The number of nitrogens with two attached hydrogens (primary N) is 1. The summed E-state index contributed by atoms with van der Waals surface area (Å²) in [7, 11) is 0. The Bertz CT molecular complexity index is 672. The zero-order valence-electron chi connectivity index (χ0n) is 10.8. The van der Waals surface area contributed by atoms with Crippen LogP contribution in [0.15, 0.2) is 18.3 Å². The van der Waals surface area contributed by atoms with Crippen molar-refractivity contribution in [2.75, 3.05) is 0 Å². The van der Waals surface area contributed by atoms with Gasteiger partial charge in [0.2, 0.25) is 0 Å². The summed E-state index contributed by atoms with van der Waals surface area (Å²) in [6, 6.07) is 2.55. The molecule has 0 radical (unpaired) electrons. The van der Waals surface area contributed by atoms with Gasteiger partial charge in [0.05, 0.1) is 5.56 Å². The first kappa shape index (κ1) is 14.0. The predicted molar refractivity (Wildman–Crippen MR) is 66.9 cm³/mol. The van der Waals surface area contributed by atoms with E-state index < -0.39 is 11.9 Å². The largest absolute Gasteiger partial charge is 0.435 e. The Kier molecular flexibility index (Phi) is 3.24. The topological polar surface area (TPSA) is 80.6 Å². The van der Waals surface area contributed by atoms with Crippen LogP contribution in [-0.2, 0) is 6.18 Å². The van der Waals surface area contributed by atoms with Gasteiger partial charge in [-0.15, -0.1) is 0 Å². The molecule has 8 heteroatoms. The molecule has 2 heterocycles. The normalized spacial score (nSPS) is 11.7. The SMILES string of the molecule is Cc1cc(C)c(C(=N)N)c(-n2ccc(C(F)(F)F)n2)n1. The molecule has 0 aliphatic rings. The third-order valence-corrected chi connectivity index (χ3v) is 2.69. The number of nitrogens with zero attached hydrogens (tertiary/aromatic N) is 3. The Balaban J connectivity index is 2.63. The Hall–Kier alpha value is -2.38. The predicted octanol–water partition coefficient (Wildman–Crippen LogP) is 2.19. The smallest absolute Gasteiger partial charge is 0.384 e. The molecule has 0 fully saturated rings. The van der Waals surface area contributed by atoms with Crippen LogP contribution in [0.4, 0.5) is 13.2 Å². The van der Waals surface area contributed by atoms with Crippen LogP contribution < -0.4 is 5.73 Å². The molecule has 106 valence electrons. The second kappa shape index (κ2) is 4.62. The van der Waals surface area contributed by atoms with Gasteiger partial charge >= 0.3 is 6.18 Å². The van der Waals surface area contributed by atoms with Gasteiger partial charge in [0.25, 0.3) is 0 Å². The van der Waals surface area contributed by atoms with Gasteiger partial charge in [-0.25, -0.2) is 9.67 Å². The fourth-order valence-corrected chi connectivity index (χ4v) is 1.91. The van der Waals surface area contributed by atoms with Crippen LogP contribution >= 0.6 is 0 Å². The highest BCUT2D eigenvalue weighted by molar-refractivity contribution is 5.99. The summed E-state index contributed by atoms with van der Waals surface area (Å²) in [5, 5.41) is 11.0. The molecule has 0 aliphatic heterocycles. The van der Waals surface area contributed by atoms with Crippen molar-refractivity contribution < 1.29 is 13.2 Å². The van der Waals surface area contributed by atoms with Crippen molar-refractivity contribution in [2.24, 2.45) is 5.73 Å². The second-order valence-electron chi connectivity index (χ2n) is 4.34. The zero-order valence-corrected chi connectivity index (χ0v) is 10.8. The molecule has 0 saturated carbocycles. The molecule has 0 amide bonds. The maximum Gasteiger partial charge on any atom is 0.435 e. The maximum absolute atomic E-state index is 12.6. The highest BCUT2D eigenvalue weighted by Gasteiger charge is 2.34. The van der Waals surface area contributed by atoms with Gasteiger partial charge in [0, 0.05) is 11.9 Å².